The molecule has 0 fully saturated rings. The minimum atomic E-state index is -4.70. The summed E-state index contributed by atoms with van der Waals surface area (Å²) in [4.78, 5) is 12.6. The number of carbonyl (C=O) groups is 1. The Morgan fingerprint density at radius 2 is 1.64 bits per heavy atom. The maximum atomic E-state index is 13.5. The summed E-state index contributed by atoms with van der Waals surface area (Å²) in [6.07, 6.45) is -4.70. The van der Waals surface area contributed by atoms with Gasteiger partial charge in [-0.2, -0.15) is 13.2 Å². The number of hydrogen-bond acceptors (Lipinski definition) is 3. The zero-order chi connectivity index (χ0) is 23.8. The average molecular weight is 492 g/mol. The number of amides is 1. The molecule has 0 aromatic heterocycles. The summed E-state index contributed by atoms with van der Waals surface area (Å²) in [5, 5.41) is 14.2. The Kier molecular flexibility index (Phi) is 6.10. The number of phenolic OH excluding ortho intramolecular Hbond substituents is 1. The second-order valence-electron chi connectivity index (χ2n) is 7.05. The van der Waals surface area contributed by atoms with Crippen molar-refractivity contribution < 1.29 is 27.8 Å². The summed E-state index contributed by atoms with van der Waals surface area (Å²) in [5.41, 5.74) is -1.39. The number of alkyl halides is 3. The van der Waals surface area contributed by atoms with Crippen LogP contribution in [0.4, 0.5) is 18.9 Å². The third kappa shape index (κ3) is 4.99. The van der Waals surface area contributed by atoms with Gasteiger partial charge in [-0.25, -0.2) is 0 Å². The molecule has 0 spiro atoms. The van der Waals surface area contributed by atoms with Crippen LogP contribution in [0.15, 0.2) is 72.8 Å². The summed E-state index contributed by atoms with van der Waals surface area (Å²) < 4.78 is 46.4. The van der Waals surface area contributed by atoms with Crippen LogP contribution < -0.4 is 10.1 Å². The number of aromatic hydroxyl groups is 1. The van der Waals surface area contributed by atoms with Gasteiger partial charge in [0.2, 0.25) is 0 Å². The molecule has 0 heterocycles. The van der Waals surface area contributed by atoms with Crippen molar-refractivity contribution in [3.05, 3.63) is 94.0 Å². The number of hydrogen-bond donors (Lipinski definition) is 2. The van der Waals surface area contributed by atoms with Gasteiger partial charge in [-0.3, -0.25) is 4.79 Å². The molecule has 0 atom stereocenters. The van der Waals surface area contributed by atoms with Gasteiger partial charge in [0.05, 0.1) is 11.1 Å². The Morgan fingerprint density at radius 1 is 0.909 bits per heavy atom. The van der Waals surface area contributed by atoms with Gasteiger partial charge in [0.1, 0.15) is 17.2 Å². The lowest BCUT2D eigenvalue weighted by molar-refractivity contribution is -0.137. The van der Waals surface area contributed by atoms with Crippen molar-refractivity contribution in [2.24, 2.45) is 0 Å². The van der Waals surface area contributed by atoms with E-state index in [-0.39, 0.29) is 27.8 Å². The largest absolute Gasteiger partial charge is 0.507 e. The Hall–Kier alpha value is -3.42. The van der Waals surface area contributed by atoms with E-state index >= 15 is 0 Å². The van der Waals surface area contributed by atoms with Crippen molar-refractivity contribution in [2.45, 2.75) is 6.18 Å². The standard InChI is InChI=1S/C24H14Cl2F3NO3/c25-14-5-7-21(31)19(11-14)23(32)30-15-9-13(24(27,28)29)10-16(12-15)33-22-8-6-20(26)17-3-1-2-4-18(17)22/h1-12,31H,(H,30,32). The third-order valence-corrected chi connectivity index (χ3v) is 5.32. The number of carbonyl (C=O) groups excluding carboxylic acids is 1. The highest BCUT2D eigenvalue weighted by Crippen LogP contribution is 2.38. The van der Waals surface area contributed by atoms with E-state index in [9.17, 15) is 23.1 Å². The van der Waals surface area contributed by atoms with E-state index in [0.29, 0.717) is 21.5 Å². The highest BCUT2D eigenvalue weighted by molar-refractivity contribution is 6.35. The molecule has 9 heteroatoms. The minimum absolute atomic E-state index is 0.150. The summed E-state index contributed by atoms with van der Waals surface area (Å²) in [5.74, 6) is -1.06. The second kappa shape index (κ2) is 8.84. The molecule has 0 aliphatic rings. The third-order valence-electron chi connectivity index (χ3n) is 4.75. The second-order valence-corrected chi connectivity index (χ2v) is 7.90. The van der Waals surface area contributed by atoms with E-state index in [1.165, 1.54) is 24.3 Å². The van der Waals surface area contributed by atoms with Gasteiger partial charge in [0.15, 0.2) is 0 Å². The molecule has 2 N–H and O–H groups in total. The van der Waals surface area contributed by atoms with E-state index < -0.39 is 17.6 Å². The molecule has 0 saturated heterocycles. The van der Waals surface area contributed by atoms with Crippen LogP contribution in [-0.4, -0.2) is 11.0 Å². The lowest BCUT2D eigenvalue weighted by atomic mass is 10.1. The molecule has 4 aromatic carbocycles. The van der Waals surface area contributed by atoms with Crippen LogP contribution in [0.2, 0.25) is 10.0 Å². The fraction of sp³-hybridized carbons (Fsp3) is 0.0417. The summed E-state index contributed by atoms with van der Waals surface area (Å²) in [7, 11) is 0. The molecule has 0 radical (unpaired) electrons. The zero-order valence-corrected chi connectivity index (χ0v) is 18.1. The number of ether oxygens (including phenoxy) is 1. The first-order chi connectivity index (χ1) is 15.6. The van der Waals surface area contributed by atoms with Gasteiger partial charge in [0, 0.05) is 32.6 Å². The SMILES string of the molecule is O=C(Nc1cc(Oc2ccc(Cl)c3ccccc23)cc(C(F)(F)F)c1)c1cc(Cl)ccc1O. The first kappa shape index (κ1) is 22.8. The van der Waals surface area contributed by atoms with Crippen molar-refractivity contribution in [2.75, 3.05) is 5.32 Å². The van der Waals surface area contributed by atoms with Gasteiger partial charge >= 0.3 is 6.18 Å². The molecule has 1 amide bonds. The fourth-order valence-corrected chi connectivity index (χ4v) is 3.63. The molecule has 4 aromatic rings. The summed E-state index contributed by atoms with van der Waals surface area (Å²) in [6.45, 7) is 0. The van der Waals surface area contributed by atoms with Crippen LogP contribution in [0.3, 0.4) is 0 Å². The lowest BCUT2D eigenvalue weighted by Crippen LogP contribution is -2.13. The van der Waals surface area contributed by atoms with Crippen LogP contribution in [0.1, 0.15) is 15.9 Å². The number of fused-ring (bicyclic) bond motifs is 1. The first-order valence-electron chi connectivity index (χ1n) is 9.49. The monoisotopic (exact) mass is 491 g/mol. The van der Waals surface area contributed by atoms with E-state index in [0.717, 1.165) is 12.1 Å². The van der Waals surface area contributed by atoms with E-state index in [1.54, 1.807) is 36.4 Å². The van der Waals surface area contributed by atoms with E-state index in [4.69, 9.17) is 27.9 Å². The maximum absolute atomic E-state index is 13.5. The van der Waals surface area contributed by atoms with E-state index in [1.807, 2.05) is 0 Å². The smallest absolute Gasteiger partial charge is 0.416 e. The van der Waals surface area contributed by atoms with Crippen LogP contribution in [0.25, 0.3) is 10.8 Å². The van der Waals surface area contributed by atoms with Gasteiger partial charge < -0.3 is 15.2 Å². The van der Waals surface area contributed by atoms with Crippen molar-refractivity contribution in [1.82, 2.24) is 0 Å². The van der Waals surface area contributed by atoms with Crippen LogP contribution in [-0.2, 0) is 6.18 Å². The normalized spacial score (nSPS) is 11.4. The predicted octanol–water partition coefficient (Wildman–Crippen LogP) is 7.92. The average Bonchev–Trinajstić information content (AvgIpc) is 2.77. The van der Waals surface area contributed by atoms with Crippen LogP contribution in [0, 0.1) is 0 Å². The molecule has 0 bridgehead atoms. The number of anilines is 1. The number of halogens is 5. The van der Waals surface area contributed by atoms with Crippen molar-refractivity contribution in [1.29, 1.82) is 0 Å². The van der Waals surface area contributed by atoms with Gasteiger partial charge in [-0.05, 0) is 42.5 Å². The molecule has 0 saturated carbocycles. The van der Waals surface area contributed by atoms with Gasteiger partial charge in [-0.1, -0.05) is 47.5 Å². The molecule has 33 heavy (non-hydrogen) atoms. The van der Waals surface area contributed by atoms with Crippen molar-refractivity contribution in [3.63, 3.8) is 0 Å². The molecule has 0 aliphatic heterocycles. The van der Waals surface area contributed by atoms with E-state index in [2.05, 4.69) is 5.32 Å². The number of benzene rings is 4. The molecule has 4 rings (SSSR count). The number of rotatable bonds is 4. The van der Waals surface area contributed by atoms with Gasteiger partial charge in [-0.15, -0.1) is 0 Å². The number of nitrogens with one attached hydrogen (secondary N) is 1. The predicted molar refractivity (Wildman–Crippen MR) is 122 cm³/mol. The number of phenols is 1. The van der Waals surface area contributed by atoms with Gasteiger partial charge in [0.25, 0.3) is 5.91 Å². The fourth-order valence-electron chi connectivity index (χ4n) is 3.23. The summed E-state index contributed by atoms with van der Waals surface area (Å²) in [6, 6.07) is 16.8. The summed E-state index contributed by atoms with van der Waals surface area (Å²) >= 11 is 12.1. The minimum Gasteiger partial charge on any atom is -0.507 e. The molecule has 0 aliphatic carbocycles. The zero-order valence-electron chi connectivity index (χ0n) is 16.6. The molecule has 4 nitrogen and oxygen atoms in total. The quantitative estimate of drug-likeness (QED) is 0.304. The molecular formula is C24H14Cl2F3NO3. The topological polar surface area (TPSA) is 58.6 Å². The maximum Gasteiger partial charge on any atom is 0.416 e. The first-order valence-corrected chi connectivity index (χ1v) is 10.2. The molecule has 0 unspecified atom stereocenters. The Morgan fingerprint density at radius 3 is 2.36 bits per heavy atom. The van der Waals surface area contributed by atoms with Crippen molar-refractivity contribution in [3.8, 4) is 17.2 Å². The Labute approximate surface area is 196 Å². The molecular weight excluding hydrogens is 478 g/mol. The Bertz CT molecular complexity index is 1370. The highest BCUT2D eigenvalue weighted by atomic mass is 35.5. The highest BCUT2D eigenvalue weighted by Gasteiger charge is 2.32. The Balaban J connectivity index is 1.73. The lowest BCUT2D eigenvalue weighted by Gasteiger charge is -2.15. The molecule has 168 valence electrons. The van der Waals surface area contributed by atoms with Crippen molar-refractivity contribution >= 4 is 45.6 Å². The van der Waals surface area contributed by atoms with Crippen LogP contribution >= 0.6 is 23.2 Å². The van der Waals surface area contributed by atoms with Crippen LogP contribution in [0.5, 0.6) is 17.2 Å².